The maximum atomic E-state index is 5.55. The molecule has 0 saturated carbocycles. The summed E-state index contributed by atoms with van der Waals surface area (Å²) in [6.45, 7) is 5.10. The van der Waals surface area contributed by atoms with Crippen LogP contribution in [0.1, 0.15) is 30.4 Å². The Morgan fingerprint density at radius 1 is 1.29 bits per heavy atom. The summed E-state index contributed by atoms with van der Waals surface area (Å²) in [5.74, 6) is 0. The molecule has 1 unspecified atom stereocenters. The van der Waals surface area contributed by atoms with E-state index in [0.29, 0.717) is 6.04 Å². The van der Waals surface area contributed by atoms with Gasteiger partial charge in [0.25, 0.3) is 0 Å². The van der Waals surface area contributed by atoms with Crippen LogP contribution in [0.5, 0.6) is 0 Å². The van der Waals surface area contributed by atoms with Crippen molar-refractivity contribution in [3.8, 4) is 0 Å². The van der Waals surface area contributed by atoms with E-state index in [1.165, 1.54) is 30.4 Å². The normalized spacial score (nSPS) is 27.5. The fourth-order valence-electron chi connectivity index (χ4n) is 3.17. The number of hydrogen-bond donors (Lipinski definition) is 1. The zero-order valence-electron chi connectivity index (χ0n) is 10.5. The Balaban J connectivity index is 1.90. The van der Waals surface area contributed by atoms with Gasteiger partial charge < -0.3 is 10.1 Å². The zero-order valence-corrected chi connectivity index (χ0v) is 10.5. The Hall–Kier alpha value is -0.860. The molecule has 1 N–H and O–H groups in total. The van der Waals surface area contributed by atoms with Crippen LogP contribution in [0, 0.1) is 6.92 Å². The van der Waals surface area contributed by atoms with Crippen LogP contribution in [-0.2, 0) is 10.2 Å². The Bertz CT molecular complexity index is 392. The Labute approximate surface area is 103 Å². The number of benzene rings is 1. The second-order valence-corrected chi connectivity index (χ2v) is 5.52. The molecule has 2 saturated heterocycles. The van der Waals surface area contributed by atoms with Gasteiger partial charge in [-0.3, -0.25) is 0 Å². The number of ether oxygens (including phenoxy) is 1. The average Bonchev–Trinajstić information content (AvgIpc) is 2.29. The van der Waals surface area contributed by atoms with Crippen molar-refractivity contribution in [2.75, 3.05) is 19.8 Å². The molecule has 0 aromatic heterocycles. The fourth-order valence-corrected chi connectivity index (χ4v) is 3.17. The second kappa shape index (κ2) is 4.43. The summed E-state index contributed by atoms with van der Waals surface area (Å²) in [6, 6.07) is 9.55. The minimum atomic E-state index is 0.242. The average molecular weight is 231 g/mol. The van der Waals surface area contributed by atoms with Crippen molar-refractivity contribution in [2.45, 2.75) is 37.6 Å². The van der Waals surface area contributed by atoms with Crippen molar-refractivity contribution < 1.29 is 4.74 Å². The van der Waals surface area contributed by atoms with E-state index in [4.69, 9.17) is 4.74 Å². The van der Waals surface area contributed by atoms with Gasteiger partial charge in [0.05, 0.1) is 18.6 Å². The lowest BCUT2D eigenvalue weighted by Crippen LogP contribution is -2.61. The van der Waals surface area contributed by atoms with Crippen molar-refractivity contribution in [1.29, 1.82) is 0 Å². The molecule has 1 aromatic rings. The first kappa shape index (κ1) is 11.2. The van der Waals surface area contributed by atoms with Gasteiger partial charge in [0, 0.05) is 6.04 Å². The molecule has 2 heteroatoms. The molecule has 2 fully saturated rings. The van der Waals surface area contributed by atoms with Crippen LogP contribution in [0.15, 0.2) is 24.3 Å². The summed E-state index contributed by atoms with van der Waals surface area (Å²) in [5.41, 5.74) is 3.06. The van der Waals surface area contributed by atoms with Crippen LogP contribution >= 0.6 is 0 Å². The van der Waals surface area contributed by atoms with Gasteiger partial charge in [-0.2, -0.15) is 0 Å². The minimum Gasteiger partial charge on any atom is -0.379 e. The quantitative estimate of drug-likeness (QED) is 0.844. The molecule has 1 aromatic carbocycles. The smallest absolute Gasteiger partial charge is 0.0600 e. The standard InChI is InChI=1S/C15H21NO/c1-12-5-4-6-13(9-12)15(10-17-11-15)14-7-2-3-8-16-14/h4-6,9,14,16H,2-3,7-8,10-11H2,1H3. The summed E-state index contributed by atoms with van der Waals surface area (Å²) >= 11 is 0. The third-order valence-corrected chi connectivity index (χ3v) is 4.29. The van der Waals surface area contributed by atoms with E-state index in [2.05, 4.69) is 36.5 Å². The lowest BCUT2D eigenvalue weighted by Gasteiger charge is -2.49. The maximum Gasteiger partial charge on any atom is 0.0600 e. The summed E-state index contributed by atoms with van der Waals surface area (Å²) in [5, 5.41) is 3.70. The lowest BCUT2D eigenvalue weighted by atomic mass is 9.70. The highest BCUT2D eigenvalue weighted by Crippen LogP contribution is 2.38. The van der Waals surface area contributed by atoms with Gasteiger partial charge in [-0.25, -0.2) is 0 Å². The van der Waals surface area contributed by atoms with Gasteiger partial charge in [0.15, 0.2) is 0 Å². The van der Waals surface area contributed by atoms with E-state index < -0.39 is 0 Å². The zero-order chi connectivity index (χ0) is 11.7. The molecule has 0 bridgehead atoms. The van der Waals surface area contributed by atoms with Crippen LogP contribution in [0.2, 0.25) is 0 Å². The largest absolute Gasteiger partial charge is 0.379 e. The van der Waals surface area contributed by atoms with Gasteiger partial charge in [0.2, 0.25) is 0 Å². The number of rotatable bonds is 2. The van der Waals surface area contributed by atoms with Crippen LogP contribution in [-0.4, -0.2) is 25.8 Å². The van der Waals surface area contributed by atoms with E-state index in [1.807, 2.05) is 0 Å². The monoisotopic (exact) mass is 231 g/mol. The number of piperidine rings is 1. The predicted octanol–water partition coefficient (Wildman–Crippen LogP) is 2.41. The Morgan fingerprint density at radius 3 is 2.76 bits per heavy atom. The van der Waals surface area contributed by atoms with Crippen LogP contribution in [0.3, 0.4) is 0 Å². The Kier molecular flexibility index (Phi) is 2.93. The first-order valence-corrected chi connectivity index (χ1v) is 6.69. The van der Waals surface area contributed by atoms with E-state index in [0.717, 1.165) is 19.8 Å². The summed E-state index contributed by atoms with van der Waals surface area (Å²) in [4.78, 5) is 0. The SMILES string of the molecule is Cc1cccc(C2(C3CCCCN3)COC2)c1. The van der Waals surface area contributed by atoms with Gasteiger partial charge >= 0.3 is 0 Å². The van der Waals surface area contributed by atoms with Crippen molar-refractivity contribution in [1.82, 2.24) is 5.32 Å². The molecule has 0 spiro atoms. The van der Waals surface area contributed by atoms with E-state index in [9.17, 15) is 0 Å². The van der Waals surface area contributed by atoms with Crippen LogP contribution in [0.4, 0.5) is 0 Å². The highest BCUT2D eigenvalue weighted by molar-refractivity contribution is 5.34. The molecule has 0 aliphatic carbocycles. The second-order valence-electron chi connectivity index (χ2n) is 5.52. The third-order valence-electron chi connectivity index (χ3n) is 4.29. The van der Waals surface area contributed by atoms with Gasteiger partial charge in [-0.1, -0.05) is 36.2 Å². The topological polar surface area (TPSA) is 21.3 Å². The van der Waals surface area contributed by atoms with E-state index in [-0.39, 0.29) is 5.41 Å². The third kappa shape index (κ3) is 1.90. The molecule has 0 amide bonds. The van der Waals surface area contributed by atoms with Gasteiger partial charge in [-0.15, -0.1) is 0 Å². The summed E-state index contributed by atoms with van der Waals surface area (Å²) in [7, 11) is 0. The molecule has 0 radical (unpaired) electrons. The molecule has 1 atom stereocenters. The highest BCUT2D eigenvalue weighted by atomic mass is 16.5. The summed E-state index contributed by atoms with van der Waals surface area (Å²) in [6.07, 6.45) is 3.96. The van der Waals surface area contributed by atoms with Gasteiger partial charge in [0.1, 0.15) is 0 Å². The first-order valence-electron chi connectivity index (χ1n) is 6.69. The summed E-state index contributed by atoms with van der Waals surface area (Å²) < 4.78 is 5.55. The fraction of sp³-hybridized carbons (Fsp3) is 0.600. The molecule has 2 aliphatic rings. The van der Waals surface area contributed by atoms with E-state index in [1.54, 1.807) is 0 Å². The van der Waals surface area contributed by atoms with Crippen molar-refractivity contribution in [2.24, 2.45) is 0 Å². The van der Waals surface area contributed by atoms with Crippen molar-refractivity contribution in [3.05, 3.63) is 35.4 Å². The number of hydrogen-bond acceptors (Lipinski definition) is 2. The van der Waals surface area contributed by atoms with Crippen LogP contribution < -0.4 is 5.32 Å². The maximum absolute atomic E-state index is 5.55. The molecule has 2 heterocycles. The highest BCUT2D eigenvalue weighted by Gasteiger charge is 2.47. The first-order chi connectivity index (χ1) is 8.31. The van der Waals surface area contributed by atoms with E-state index >= 15 is 0 Å². The van der Waals surface area contributed by atoms with Gasteiger partial charge in [-0.05, 0) is 31.9 Å². The molecule has 92 valence electrons. The Morgan fingerprint density at radius 2 is 2.18 bits per heavy atom. The number of nitrogens with one attached hydrogen (secondary N) is 1. The molecule has 3 rings (SSSR count). The molecular weight excluding hydrogens is 210 g/mol. The molecule has 2 nitrogen and oxygen atoms in total. The molecule has 2 aliphatic heterocycles. The van der Waals surface area contributed by atoms with Crippen molar-refractivity contribution in [3.63, 3.8) is 0 Å². The molecule has 17 heavy (non-hydrogen) atoms. The lowest BCUT2D eigenvalue weighted by molar-refractivity contribution is -0.0827. The molecular formula is C15H21NO. The number of aryl methyl sites for hydroxylation is 1. The predicted molar refractivity (Wildman–Crippen MR) is 69.3 cm³/mol. The van der Waals surface area contributed by atoms with Crippen LogP contribution in [0.25, 0.3) is 0 Å². The minimum absolute atomic E-state index is 0.242. The van der Waals surface area contributed by atoms with Crippen molar-refractivity contribution >= 4 is 0 Å².